The summed E-state index contributed by atoms with van der Waals surface area (Å²) in [5, 5.41) is 13.9. The molecule has 0 spiro atoms. The van der Waals surface area contributed by atoms with Crippen LogP contribution in [0.25, 0.3) is 16.7 Å². The van der Waals surface area contributed by atoms with Gasteiger partial charge < -0.3 is 4.84 Å². The van der Waals surface area contributed by atoms with Gasteiger partial charge in [0.2, 0.25) is 0 Å². The molecule has 0 N–H and O–H groups in total. The largest absolute Gasteiger partial charge is 0.387 e. The predicted octanol–water partition coefficient (Wildman–Crippen LogP) is 3.46. The molecular weight excluding hydrogens is 378 g/mol. The summed E-state index contributed by atoms with van der Waals surface area (Å²) in [4.78, 5) is 14.6. The van der Waals surface area contributed by atoms with E-state index < -0.39 is 0 Å². The van der Waals surface area contributed by atoms with E-state index in [1.165, 1.54) is 0 Å². The minimum atomic E-state index is 0.172. The molecule has 8 heteroatoms. The molecule has 0 atom stereocenters. The molecule has 2 aromatic carbocycles. The van der Waals surface area contributed by atoms with Gasteiger partial charge in [0.15, 0.2) is 23.7 Å². The van der Waals surface area contributed by atoms with E-state index in [1.54, 1.807) is 17.0 Å². The molecule has 8 nitrogen and oxygen atoms in total. The van der Waals surface area contributed by atoms with Crippen LogP contribution in [0.5, 0.6) is 0 Å². The van der Waals surface area contributed by atoms with Crippen LogP contribution in [0.1, 0.15) is 23.9 Å². The second-order valence-electron chi connectivity index (χ2n) is 6.88. The van der Waals surface area contributed by atoms with Gasteiger partial charge in [0.1, 0.15) is 6.33 Å². The Hall–Kier alpha value is -4.07. The molecule has 0 saturated heterocycles. The van der Waals surface area contributed by atoms with Crippen molar-refractivity contribution >= 4 is 22.4 Å². The van der Waals surface area contributed by atoms with Crippen LogP contribution in [-0.4, -0.2) is 35.1 Å². The lowest BCUT2D eigenvalue weighted by Crippen LogP contribution is -2.03. The highest BCUT2D eigenvalue weighted by molar-refractivity contribution is 5.98. The van der Waals surface area contributed by atoms with Crippen molar-refractivity contribution in [2.75, 3.05) is 0 Å². The summed E-state index contributed by atoms with van der Waals surface area (Å²) >= 11 is 0. The molecule has 0 unspecified atom stereocenters. The number of rotatable bonds is 6. The summed E-state index contributed by atoms with van der Waals surface area (Å²) in [5.41, 5.74) is 4.43. The van der Waals surface area contributed by atoms with E-state index >= 15 is 0 Å². The fourth-order valence-corrected chi connectivity index (χ4v) is 3.27. The van der Waals surface area contributed by atoms with E-state index in [4.69, 9.17) is 4.84 Å². The van der Waals surface area contributed by atoms with Gasteiger partial charge >= 0.3 is 0 Å². The van der Waals surface area contributed by atoms with Crippen LogP contribution in [0.4, 0.5) is 0 Å². The molecule has 0 saturated carbocycles. The molecule has 148 valence electrons. The van der Waals surface area contributed by atoms with E-state index in [9.17, 15) is 0 Å². The predicted molar refractivity (Wildman–Crippen MR) is 113 cm³/mol. The first-order valence-corrected chi connectivity index (χ1v) is 9.59. The number of nitrogens with zero attached hydrogens (tertiary/aromatic N) is 7. The average molecular weight is 397 g/mol. The van der Waals surface area contributed by atoms with Crippen molar-refractivity contribution in [1.82, 2.24) is 29.4 Å². The zero-order valence-corrected chi connectivity index (χ0v) is 16.4. The molecule has 0 fully saturated rings. The van der Waals surface area contributed by atoms with Crippen LogP contribution in [0, 0.1) is 0 Å². The molecule has 0 amide bonds. The number of benzene rings is 2. The standard InChI is InChI=1S/C22H19N7O/c1-16(18-10-6-3-7-11-18)27-30-14-20-25-22-19-12-24-28(13-17-8-4-2-5-9-17)21(19)23-15-29(22)26-20/h2-12,15H,13-14H2,1H3. The summed E-state index contributed by atoms with van der Waals surface area (Å²) < 4.78 is 3.51. The van der Waals surface area contributed by atoms with E-state index in [-0.39, 0.29) is 6.61 Å². The Bertz CT molecular complexity index is 1320. The van der Waals surface area contributed by atoms with Gasteiger partial charge in [-0.1, -0.05) is 65.8 Å². The van der Waals surface area contributed by atoms with E-state index in [1.807, 2.05) is 60.1 Å². The first-order valence-electron chi connectivity index (χ1n) is 9.59. The molecule has 0 aliphatic heterocycles. The van der Waals surface area contributed by atoms with E-state index in [2.05, 4.69) is 37.5 Å². The number of aromatic nitrogens is 6. The van der Waals surface area contributed by atoms with E-state index in [0.29, 0.717) is 18.0 Å². The normalized spacial score (nSPS) is 12.0. The molecule has 5 rings (SSSR count). The number of oxime groups is 1. The highest BCUT2D eigenvalue weighted by atomic mass is 16.6. The van der Waals surface area contributed by atoms with Gasteiger partial charge in [-0.25, -0.2) is 19.2 Å². The van der Waals surface area contributed by atoms with Crippen molar-refractivity contribution in [3.05, 3.63) is 90.1 Å². The Morgan fingerprint density at radius 3 is 2.57 bits per heavy atom. The van der Waals surface area contributed by atoms with Crippen molar-refractivity contribution in [3.63, 3.8) is 0 Å². The van der Waals surface area contributed by atoms with Crippen LogP contribution >= 0.6 is 0 Å². The first-order chi connectivity index (χ1) is 14.8. The summed E-state index contributed by atoms with van der Waals surface area (Å²) in [7, 11) is 0. The summed E-state index contributed by atoms with van der Waals surface area (Å²) in [6.45, 7) is 2.72. The van der Waals surface area contributed by atoms with Crippen molar-refractivity contribution in [2.24, 2.45) is 5.16 Å². The lowest BCUT2D eigenvalue weighted by molar-refractivity contribution is 0.125. The Morgan fingerprint density at radius 2 is 1.77 bits per heavy atom. The van der Waals surface area contributed by atoms with Gasteiger partial charge in [-0.05, 0) is 18.1 Å². The molecular formula is C22H19N7O. The highest BCUT2D eigenvalue weighted by Gasteiger charge is 2.13. The SMILES string of the molecule is CC(=NOCc1nc2c3cnn(Cc4ccccc4)c3ncn2n1)c1ccccc1. The minimum absolute atomic E-state index is 0.172. The maximum Gasteiger partial charge on any atom is 0.192 e. The number of fused-ring (bicyclic) bond motifs is 3. The fourth-order valence-electron chi connectivity index (χ4n) is 3.27. The number of hydrogen-bond donors (Lipinski definition) is 0. The molecule has 0 aliphatic rings. The minimum Gasteiger partial charge on any atom is -0.387 e. The highest BCUT2D eigenvalue weighted by Crippen LogP contribution is 2.17. The topological polar surface area (TPSA) is 82.5 Å². The van der Waals surface area contributed by atoms with Crippen LogP contribution in [-0.2, 0) is 18.0 Å². The third-order valence-electron chi connectivity index (χ3n) is 4.78. The molecule has 0 aliphatic carbocycles. The Balaban J connectivity index is 1.37. The smallest absolute Gasteiger partial charge is 0.192 e. The zero-order chi connectivity index (χ0) is 20.3. The first kappa shape index (κ1) is 18.0. The second-order valence-corrected chi connectivity index (χ2v) is 6.88. The Labute approximate surface area is 172 Å². The summed E-state index contributed by atoms with van der Waals surface area (Å²) in [5.74, 6) is 0.532. The van der Waals surface area contributed by atoms with Crippen LogP contribution in [0.15, 0.2) is 78.3 Å². The lowest BCUT2D eigenvalue weighted by Gasteiger charge is -2.02. The third-order valence-corrected chi connectivity index (χ3v) is 4.78. The van der Waals surface area contributed by atoms with Crippen molar-refractivity contribution in [1.29, 1.82) is 0 Å². The monoisotopic (exact) mass is 397 g/mol. The maximum atomic E-state index is 5.47. The lowest BCUT2D eigenvalue weighted by atomic mass is 10.1. The average Bonchev–Trinajstić information content (AvgIpc) is 3.39. The van der Waals surface area contributed by atoms with Crippen LogP contribution in [0.3, 0.4) is 0 Å². The molecule has 5 aromatic rings. The maximum absolute atomic E-state index is 5.47. The zero-order valence-electron chi connectivity index (χ0n) is 16.4. The second kappa shape index (κ2) is 7.75. The molecule has 3 heterocycles. The van der Waals surface area contributed by atoms with Crippen molar-refractivity contribution in [2.45, 2.75) is 20.1 Å². The molecule has 0 bridgehead atoms. The van der Waals surface area contributed by atoms with Gasteiger partial charge in [0, 0.05) is 0 Å². The molecule has 30 heavy (non-hydrogen) atoms. The van der Waals surface area contributed by atoms with Crippen molar-refractivity contribution < 1.29 is 4.84 Å². The van der Waals surface area contributed by atoms with Gasteiger partial charge in [0.25, 0.3) is 0 Å². The van der Waals surface area contributed by atoms with E-state index in [0.717, 1.165) is 27.9 Å². The molecule has 0 radical (unpaired) electrons. The van der Waals surface area contributed by atoms with Gasteiger partial charge in [-0.2, -0.15) is 5.10 Å². The summed E-state index contributed by atoms with van der Waals surface area (Å²) in [6.07, 6.45) is 3.42. The quantitative estimate of drug-likeness (QED) is 0.324. The Morgan fingerprint density at radius 1 is 1.00 bits per heavy atom. The van der Waals surface area contributed by atoms with Gasteiger partial charge in [-0.3, -0.25) is 0 Å². The van der Waals surface area contributed by atoms with Crippen molar-refractivity contribution in [3.8, 4) is 0 Å². The van der Waals surface area contributed by atoms with Gasteiger partial charge in [0.05, 0.1) is 23.8 Å². The summed E-state index contributed by atoms with van der Waals surface area (Å²) in [6, 6.07) is 20.0. The Kier molecular flexibility index (Phi) is 4.65. The van der Waals surface area contributed by atoms with Crippen LogP contribution in [0.2, 0.25) is 0 Å². The number of hydrogen-bond acceptors (Lipinski definition) is 6. The third kappa shape index (κ3) is 3.50. The van der Waals surface area contributed by atoms with Crippen LogP contribution < -0.4 is 0 Å². The fraction of sp³-hybridized carbons (Fsp3) is 0.136. The van der Waals surface area contributed by atoms with Gasteiger partial charge in [-0.15, -0.1) is 5.10 Å². The molecule has 3 aromatic heterocycles.